The highest BCUT2D eigenvalue weighted by Crippen LogP contribution is 2.09. The van der Waals surface area contributed by atoms with Crippen LogP contribution in [0, 0.1) is 25.7 Å². The van der Waals surface area contributed by atoms with Crippen LogP contribution < -0.4 is 0 Å². The van der Waals surface area contributed by atoms with Gasteiger partial charge in [0, 0.05) is 0 Å². The highest BCUT2D eigenvalue weighted by molar-refractivity contribution is 5.89. The summed E-state index contributed by atoms with van der Waals surface area (Å²) in [7, 11) is 0. The second kappa shape index (κ2) is 4.94. The molecule has 0 heterocycles. The summed E-state index contributed by atoms with van der Waals surface area (Å²) in [4.78, 5) is 10.5. The molecule has 1 N–H and O–H groups in total. The third kappa shape index (κ3) is 2.96. The van der Waals surface area contributed by atoms with Crippen LogP contribution in [0.15, 0.2) is 18.2 Å². The zero-order chi connectivity index (χ0) is 10.4. The van der Waals surface area contributed by atoms with Gasteiger partial charge in [0.05, 0.1) is 5.56 Å². The number of aromatic carboxylic acids is 1. The molecule has 3 heteroatoms. The molecular formula is C10H10NO2. The summed E-state index contributed by atoms with van der Waals surface area (Å²) in [6, 6.07) is 5.30. The van der Waals surface area contributed by atoms with Crippen molar-refractivity contribution in [1.82, 2.24) is 0 Å². The van der Waals surface area contributed by atoms with E-state index in [9.17, 15) is 4.79 Å². The normalized spacial score (nSPS) is 8.31. The lowest BCUT2D eigenvalue weighted by molar-refractivity contribution is 0.0696. The zero-order valence-corrected chi connectivity index (χ0v) is 7.53. The van der Waals surface area contributed by atoms with E-state index < -0.39 is 5.97 Å². The molecule has 3 nitrogen and oxygen atoms in total. The number of nitrogens with zero attached hydrogens (tertiary/aromatic N) is 1. The Morgan fingerprint density at radius 1 is 1.38 bits per heavy atom. The van der Waals surface area contributed by atoms with Crippen LogP contribution in [0.1, 0.15) is 21.5 Å². The minimum Gasteiger partial charge on any atom is -0.478 e. The van der Waals surface area contributed by atoms with Crippen molar-refractivity contribution in [3.8, 4) is 0 Å². The van der Waals surface area contributed by atoms with Gasteiger partial charge in [-0.1, -0.05) is 17.7 Å². The number of carboxylic acid groups (broad SMARTS) is 1. The Bertz CT molecular complexity index is 329. The third-order valence-corrected chi connectivity index (χ3v) is 1.61. The van der Waals surface area contributed by atoms with E-state index in [1.54, 1.807) is 19.1 Å². The maximum Gasteiger partial charge on any atom is 0.335 e. The van der Waals surface area contributed by atoms with Crippen LogP contribution in [-0.4, -0.2) is 11.1 Å². The van der Waals surface area contributed by atoms with E-state index in [2.05, 4.69) is 0 Å². The predicted molar refractivity (Wildman–Crippen MR) is 47.8 cm³/mol. The van der Waals surface area contributed by atoms with Crippen molar-refractivity contribution in [2.24, 2.45) is 0 Å². The van der Waals surface area contributed by atoms with Gasteiger partial charge in [-0.05, 0) is 25.5 Å². The number of benzene rings is 1. The van der Waals surface area contributed by atoms with E-state index in [-0.39, 0.29) is 0 Å². The number of aryl methyl sites for hydroxylation is 2. The average molecular weight is 176 g/mol. The molecule has 0 aromatic heterocycles. The van der Waals surface area contributed by atoms with Crippen LogP contribution in [0.2, 0.25) is 0 Å². The summed E-state index contributed by atoms with van der Waals surface area (Å²) in [5.74, 6) is -0.859. The van der Waals surface area contributed by atoms with E-state index in [1.165, 1.54) is 0 Å². The Hall–Kier alpha value is -1.82. The highest BCUT2D eigenvalue weighted by atomic mass is 16.4. The summed E-state index contributed by atoms with van der Waals surface area (Å²) >= 11 is 0. The minimum atomic E-state index is -0.859. The van der Waals surface area contributed by atoms with Gasteiger partial charge in [0.25, 0.3) is 0 Å². The van der Waals surface area contributed by atoms with Crippen molar-refractivity contribution in [3.63, 3.8) is 0 Å². The van der Waals surface area contributed by atoms with Crippen LogP contribution in [0.5, 0.6) is 0 Å². The van der Waals surface area contributed by atoms with Crippen molar-refractivity contribution in [2.45, 2.75) is 13.8 Å². The van der Waals surface area contributed by atoms with Crippen molar-refractivity contribution in [3.05, 3.63) is 41.5 Å². The molecule has 13 heavy (non-hydrogen) atoms. The molecule has 1 rings (SSSR count). The Kier molecular flexibility index (Phi) is 4.25. The van der Waals surface area contributed by atoms with Gasteiger partial charge in [0.15, 0.2) is 6.57 Å². The molecule has 0 aliphatic carbocycles. The second-order valence-electron chi connectivity index (χ2n) is 2.62. The van der Waals surface area contributed by atoms with Gasteiger partial charge < -0.3 is 5.11 Å². The van der Waals surface area contributed by atoms with E-state index in [0.717, 1.165) is 11.1 Å². The molecule has 0 fully saturated rings. The van der Waals surface area contributed by atoms with E-state index in [4.69, 9.17) is 16.9 Å². The molecule has 0 amide bonds. The lowest BCUT2D eigenvalue weighted by Gasteiger charge is -2.00. The van der Waals surface area contributed by atoms with Crippen molar-refractivity contribution in [1.29, 1.82) is 5.26 Å². The molecule has 0 saturated carbocycles. The smallest absolute Gasteiger partial charge is 0.335 e. The summed E-state index contributed by atoms with van der Waals surface area (Å²) in [5.41, 5.74) is 2.29. The maximum absolute atomic E-state index is 10.5. The molecule has 0 unspecified atom stereocenters. The fraction of sp³-hybridized carbons (Fsp3) is 0.200. The Morgan fingerprint density at radius 3 is 2.31 bits per heavy atom. The summed E-state index contributed by atoms with van der Waals surface area (Å²) in [5, 5.41) is 14.9. The predicted octanol–water partition coefficient (Wildman–Crippen LogP) is 2.10. The number of carbonyl (C=O) groups is 1. The molecule has 0 atom stereocenters. The minimum absolute atomic E-state index is 0.385. The fourth-order valence-electron chi connectivity index (χ4n) is 1.05. The number of hydrogen-bond donors (Lipinski definition) is 1. The first-order valence-corrected chi connectivity index (χ1v) is 3.64. The summed E-state index contributed by atoms with van der Waals surface area (Å²) < 4.78 is 0. The zero-order valence-electron chi connectivity index (χ0n) is 7.53. The largest absolute Gasteiger partial charge is 0.478 e. The van der Waals surface area contributed by atoms with Gasteiger partial charge in [-0.15, -0.1) is 0 Å². The first-order valence-electron chi connectivity index (χ1n) is 3.64. The van der Waals surface area contributed by atoms with Crippen LogP contribution >= 0.6 is 0 Å². The Labute approximate surface area is 77.2 Å². The van der Waals surface area contributed by atoms with Gasteiger partial charge in [-0.25, -0.2) is 4.79 Å². The number of carboxylic acids is 1. The van der Waals surface area contributed by atoms with Crippen LogP contribution in [-0.2, 0) is 0 Å². The number of rotatable bonds is 1. The number of hydrogen-bond acceptors (Lipinski definition) is 2. The SMILES string of the molecule is Cc1ccc(C(=O)O)c(C)c1.[C]#N. The lowest BCUT2D eigenvalue weighted by atomic mass is 10.1. The molecule has 67 valence electrons. The van der Waals surface area contributed by atoms with Gasteiger partial charge in [-0.2, -0.15) is 5.26 Å². The van der Waals surface area contributed by atoms with Crippen LogP contribution in [0.25, 0.3) is 0 Å². The van der Waals surface area contributed by atoms with Crippen LogP contribution in [0.4, 0.5) is 0 Å². The average Bonchev–Trinajstić information content (AvgIpc) is 2.07. The van der Waals surface area contributed by atoms with Gasteiger partial charge >= 0.3 is 5.97 Å². The first kappa shape index (κ1) is 11.2. The molecule has 0 saturated heterocycles. The van der Waals surface area contributed by atoms with Gasteiger partial charge in [-0.3, -0.25) is 0 Å². The molecule has 1 aromatic carbocycles. The van der Waals surface area contributed by atoms with E-state index in [0.29, 0.717) is 5.56 Å². The van der Waals surface area contributed by atoms with E-state index in [1.807, 2.05) is 13.0 Å². The summed E-state index contributed by atoms with van der Waals surface area (Å²) in [6.45, 7) is 8.50. The van der Waals surface area contributed by atoms with Crippen LogP contribution in [0.3, 0.4) is 0 Å². The molecule has 0 bridgehead atoms. The Balaban J connectivity index is 0.000000671. The highest BCUT2D eigenvalue weighted by Gasteiger charge is 2.04. The first-order chi connectivity index (χ1) is 6.11. The monoisotopic (exact) mass is 176 g/mol. The third-order valence-electron chi connectivity index (χ3n) is 1.61. The quantitative estimate of drug-likeness (QED) is 0.712. The van der Waals surface area contributed by atoms with Gasteiger partial charge in [0.1, 0.15) is 0 Å². The van der Waals surface area contributed by atoms with Crippen molar-refractivity contribution < 1.29 is 9.90 Å². The molecule has 0 aliphatic heterocycles. The Morgan fingerprint density at radius 2 is 1.92 bits per heavy atom. The second-order valence-corrected chi connectivity index (χ2v) is 2.62. The lowest BCUT2D eigenvalue weighted by Crippen LogP contribution is -1.99. The molecule has 0 spiro atoms. The summed E-state index contributed by atoms with van der Waals surface area (Å²) in [6.07, 6.45) is 0. The fourth-order valence-corrected chi connectivity index (χ4v) is 1.05. The maximum atomic E-state index is 10.5. The molecular weight excluding hydrogens is 166 g/mol. The standard InChI is InChI=1S/C9H10O2.CN/c1-6-3-4-8(9(10)11)7(2)5-6;1-2/h3-5H,1-2H3,(H,10,11);. The topological polar surface area (TPSA) is 61.1 Å². The van der Waals surface area contributed by atoms with E-state index >= 15 is 0 Å². The molecule has 1 aromatic rings. The van der Waals surface area contributed by atoms with Crippen molar-refractivity contribution in [2.75, 3.05) is 0 Å². The molecule has 1 radical (unpaired) electrons. The van der Waals surface area contributed by atoms with Crippen molar-refractivity contribution >= 4 is 5.97 Å². The van der Waals surface area contributed by atoms with Gasteiger partial charge in [0.2, 0.25) is 0 Å². The molecule has 0 aliphatic rings.